The summed E-state index contributed by atoms with van der Waals surface area (Å²) in [5.41, 5.74) is 0.916. The minimum Gasteiger partial charge on any atom is -0.454 e. The molecule has 4 heterocycles. The molecule has 0 spiro atoms. The van der Waals surface area contributed by atoms with Gasteiger partial charge >= 0.3 is 0 Å². The number of carbonyl (C=O) groups excluding carboxylic acids is 2. The molecule has 2 bridgehead atoms. The summed E-state index contributed by atoms with van der Waals surface area (Å²) in [5.74, 6) is 1.28. The number of hydrogen-bond acceptors (Lipinski definition) is 7. The lowest BCUT2D eigenvalue weighted by Crippen LogP contribution is -2.77. The Morgan fingerprint density at radius 1 is 1.23 bits per heavy atom. The molecule has 7 nitrogen and oxygen atoms in total. The molecule has 9 heteroatoms. The minimum absolute atomic E-state index is 0.0229. The zero-order valence-electron chi connectivity index (χ0n) is 16.9. The maximum Gasteiger partial charge on any atom is 0.261 e. The number of nitrogens with zero attached hydrogens (tertiary/aromatic N) is 3. The third-order valence-corrected chi connectivity index (χ3v) is 10.0. The van der Waals surface area contributed by atoms with Crippen molar-refractivity contribution in [3.8, 4) is 17.6 Å². The Morgan fingerprint density at radius 3 is 2.70 bits per heavy atom. The first-order valence-corrected chi connectivity index (χ1v) is 12.4. The fourth-order valence-corrected chi connectivity index (χ4v) is 8.19. The van der Waals surface area contributed by atoms with E-state index in [1.807, 2.05) is 36.9 Å². The van der Waals surface area contributed by atoms with E-state index in [0.717, 1.165) is 18.4 Å². The zero-order chi connectivity index (χ0) is 21.1. The Hall–Kier alpha value is -2.05. The second kappa shape index (κ2) is 6.99. The van der Waals surface area contributed by atoms with Crippen molar-refractivity contribution in [1.29, 1.82) is 5.26 Å². The van der Waals surface area contributed by atoms with Crippen LogP contribution >= 0.6 is 21.6 Å². The average molecular weight is 446 g/mol. The molecule has 3 saturated heterocycles. The topological polar surface area (TPSA) is 82.9 Å². The van der Waals surface area contributed by atoms with Crippen molar-refractivity contribution in [2.24, 2.45) is 0 Å². The number of piperazine rings is 1. The van der Waals surface area contributed by atoms with Crippen molar-refractivity contribution in [2.75, 3.05) is 6.79 Å². The highest BCUT2D eigenvalue weighted by atomic mass is 33.1. The second-order valence-corrected chi connectivity index (χ2v) is 11.0. The summed E-state index contributed by atoms with van der Waals surface area (Å²) >= 11 is 0. The van der Waals surface area contributed by atoms with Gasteiger partial charge in [-0.1, -0.05) is 34.6 Å². The normalized spacial score (nSPS) is 30.6. The molecule has 4 fully saturated rings. The molecule has 1 aromatic rings. The van der Waals surface area contributed by atoms with Crippen LogP contribution in [0.15, 0.2) is 18.2 Å². The number of amides is 2. The second-order valence-electron chi connectivity index (χ2n) is 8.21. The molecule has 0 aromatic heterocycles. The fraction of sp³-hybridized carbons (Fsp3) is 0.571. The van der Waals surface area contributed by atoms with Crippen molar-refractivity contribution in [1.82, 2.24) is 9.80 Å². The van der Waals surface area contributed by atoms with Gasteiger partial charge in [0.25, 0.3) is 11.8 Å². The first-order valence-electron chi connectivity index (χ1n) is 10.3. The van der Waals surface area contributed by atoms with Crippen molar-refractivity contribution < 1.29 is 19.1 Å². The highest BCUT2D eigenvalue weighted by molar-refractivity contribution is 8.78. The summed E-state index contributed by atoms with van der Waals surface area (Å²) in [4.78, 5) is 29.4. The predicted octanol–water partition coefficient (Wildman–Crippen LogP) is 3.81. The maximum atomic E-state index is 13.9. The summed E-state index contributed by atoms with van der Waals surface area (Å²) in [6, 6.07) is 7.74. The predicted molar refractivity (Wildman–Crippen MR) is 113 cm³/mol. The Labute approximate surface area is 183 Å². The van der Waals surface area contributed by atoms with E-state index in [-0.39, 0.29) is 37.1 Å². The molecule has 0 N–H and O–H groups in total. The van der Waals surface area contributed by atoms with Crippen LogP contribution in [0.2, 0.25) is 0 Å². The van der Waals surface area contributed by atoms with E-state index in [1.165, 1.54) is 21.6 Å². The van der Waals surface area contributed by atoms with E-state index >= 15 is 0 Å². The smallest absolute Gasteiger partial charge is 0.261 e. The standard InChI is InChI=1S/C21H23N3O4S2/c1-3-15(13-5-8-16-17(11-13)28-12-27-16)24-18(25)20(2)23(14-6-7-14)19(26)21(24,30-29-20)9-4-10-22/h5,8,11,14-15H,3-4,6-7,9,12H2,1-2H3/t15?,20-,21?/m1/s1. The molecule has 0 radical (unpaired) electrons. The molecule has 1 saturated carbocycles. The first kappa shape index (κ1) is 19.9. The highest BCUT2D eigenvalue weighted by Crippen LogP contribution is 2.64. The molecule has 158 valence electrons. The minimum atomic E-state index is -1.06. The molecule has 2 unspecified atom stereocenters. The van der Waals surface area contributed by atoms with Crippen LogP contribution in [0.5, 0.6) is 11.5 Å². The van der Waals surface area contributed by atoms with Crippen molar-refractivity contribution >= 4 is 33.4 Å². The third-order valence-electron chi connectivity index (χ3n) is 6.33. The lowest BCUT2D eigenvalue weighted by atomic mass is 9.92. The monoisotopic (exact) mass is 445 g/mol. The summed E-state index contributed by atoms with van der Waals surface area (Å²) < 4.78 is 11.0. The van der Waals surface area contributed by atoms with Gasteiger partial charge in [0.1, 0.15) is 0 Å². The van der Waals surface area contributed by atoms with Gasteiger partial charge in [-0.2, -0.15) is 5.26 Å². The van der Waals surface area contributed by atoms with Crippen LogP contribution in [-0.4, -0.2) is 44.2 Å². The Morgan fingerprint density at radius 2 is 2.00 bits per heavy atom. The number of fused-ring (bicyclic) bond motifs is 4. The molecular formula is C21H23N3O4S2. The molecule has 30 heavy (non-hydrogen) atoms. The van der Waals surface area contributed by atoms with E-state index in [9.17, 15) is 14.9 Å². The number of hydrogen-bond donors (Lipinski definition) is 0. The van der Waals surface area contributed by atoms with Crippen molar-refractivity contribution in [3.05, 3.63) is 23.8 Å². The van der Waals surface area contributed by atoms with Crippen LogP contribution in [0.4, 0.5) is 0 Å². The van der Waals surface area contributed by atoms with Gasteiger partial charge in [0.15, 0.2) is 21.2 Å². The number of carbonyl (C=O) groups is 2. The summed E-state index contributed by atoms with van der Waals surface area (Å²) in [6.45, 7) is 4.08. The van der Waals surface area contributed by atoms with Gasteiger partial charge in [-0.05, 0) is 43.9 Å². The van der Waals surface area contributed by atoms with Gasteiger partial charge in [-0.3, -0.25) is 9.59 Å². The lowest BCUT2D eigenvalue weighted by Gasteiger charge is -2.61. The van der Waals surface area contributed by atoms with Crippen LogP contribution in [0.3, 0.4) is 0 Å². The number of rotatable bonds is 6. The summed E-state index contributed by atoms with van der Waals surface area (Å²) in [5, 5.41) is 9.29. The largest absolute Gasteiger partial charge is 0.454 e. The van der Waals surface area contributed by atoms with Crippen molar-refractivity contribution in [2.45, 2.75) is 67.8 Å². The molecule has 4 aliphatic heterocycles. The Bertz CT molecular complexity index is 962. The van der Waals surface area contributed by atoms with E-state index in [1.54, 1.807) is 4.90 Å². The number of benzene rings is 1. The molecule has 2 amide bonds. The highest BCUT2D eigenvalue weighted by Gasteiger charge is 2.70. The molecule has 6 rings (SSSR count). The molecular weight excluding hydrogens is 422 g/mol. The van der Waals surface area contributed by atoms with Gasteiger partial charge in [0, 0.05) is 18.9 Å². The van der Waals surface area contributed by atoms with E-state index in [0.29, 0.717) is 24.3 Å². The van der Waals surface area contributed by atoms with Gasteiger partial charge in [0.05, 0.1) is 12.1 Å². The molecule has 5 aliphatic rings. The van der Waals surface area contributed by atoms with Crippen LogP contribution in [-0.2, 0) is 9.59 Å². The lowest BCUT2D eigenvalue weighted by molar-refractivity contribution is -0.171. The van der Waals surface area contributed by atoms with Crippen LogP contribution < -0.4 is 9.47 Å². The van der Waals surface area contributed by atoms with E-state index < -0.39 is 9.74 Å². The third kappa shape index (κ3) is 2.66. The first-order chi connectivity index (χ1) is 14.5. The zero-order valence-corrected chi connectivity index (χ0v) is 18.6. The molecule has 1 aromatic carbocycles. The number of ether oxygens (including phenoxy) is 2. The average Bonchev–Trinajstić information content (AvgIpc) is 3.46. The SMILES string of the molecule is CCC(c1ccc2c(c1)OCO2)N1C(=O)[C@@]2(C)SSC1(CCC#N)C(=O)N2C1CC1. The van der Waals surface area contributed by atoms with Gasteiger partial charge in [0.2, 0.25) is 6.79 Å². The number of nitriles is 1. The van der Waals surface area contributed by atoms with Crippen molar-refractivity contribution in [3.63, 3.8) is 0 Å². The van der Waals surface area contributed by atoms with Crippen LogP contribution in [0.25, 0.3) is 0 Å². The summed E-state index contributed by atoms with van der Waals surface area (Å²) in [7, 11) is 2.93. The fourth-order valence-electron chi connectivity index (χ4n) is 4.70. The quantitative estimate of drug-likeness (QED) is 0.616. The van der Waals surface area contributed by atoms with E-state index in [2.05, 4.69) is 6.07 Å². The van der Waals surface area contributed by atoms with Crippen LogP contribution in [0, 0.1) is 11.3 Å². The van der Waals surface area contributed by atoms with Gasteiger partial charge in [-0.25, -0.2) is 0 Å². The molecule has 3 atom stereocenters. The van der Waals surface area contributed by atoms with Crippen LogP contribution in [0.1, 0.15) is 57.6 Å². The van der Waals surface area contributed by atoms with Gasteiger partial charge < -0.3 is 19.3 Å². The van der Waals surface area contributed by atoms with E-state index in [4.69, 9.17) is 9.47 Å². The summed E-state index contributed by atoms with van der Waals surface area (Å²) in [6.07, 6.45) is 3.07. The van der Waals surface area contributed by atoms with Gasteiger partial charge in [-0.15, -0.1) is 0 Å². The Balaban J connectivity index is 1.60. The maximum absolute atomic E-state index is 13.9. The Kier molecular flexibility index (Phi) is 4.63. The molecule has 1 aliphatic carbocycles.